The molecule has 1 fully saturated rings. The van der Waals surface area contributed by atoms with Crippen molar-refractivity contribution in [1.29, 1.82) is 0 Å². The van der Waals surface area contributed by atoms with Crippen LogP contribution in [0, 0.1) is 0 Å². The number of alkyl halides is 1. The highest BCUT2D eigenvalue weighted by molar-refractivity contribution is 5.98. The van der Waals surface area contributed by atoms with Crippen LogP contribution in [-0.4, -0.2) is 46.7 Å². The fraction of sp³-hybridized carbons (Fsp3) is 0.312. The molecule has 0 spiro atoms. The first-order valence-electron chi connectivity index (χ1n) is 7.45. The lowest BCUT2D eigenvalue weighted by molar-refractivity contribution is -0.166. The topological polar surface area (TPSA) is 108 Å². The van der Waals surface area contributed by atoms with Crippen LogP contribution in [0.1, 0.15) is 13.8 Å². The largest absolute Gasteiger partial charge is 0.477 e. The van der Waals surface area contributed by atoms with Gasteiger partial charge >= 0.3 is 11.9 Å². The summed E-state index contributed by atoms with van der Waals surface area (Å²) < 4.78 is 13.8. The summed E-state index contributed by atoms with van der Waals surface area (Å²) in [7, 11) is 0. The lowest BCUT2D eigenvalue weighted by atomic mass is 10.1. The van der Waals surface area contributed by atoms with E-state index in [1.54, 1.807) is 44.2 Å². The number of rotatable bonds is 7. The molecule has 0 saturated carbocycles. The number of hydroxylamine groups is 1. The van der Waals surface area contributed by atoms with Crippen molar-refractivity contribution in [3.05, 3.63) is 41.6 Å². The van der Waals surface area contributed by atoms with Crippen molar-refractivity contribution in [2.45, 2.75) is 26.2 Å². The summed E-state index contributed by atoms with van der Waals surface area (Å²) in [6, 6.07) is 7.32. The van der Waals surface area contributed by atoms with Crippen LogP contribution in [0.2, 0.25) is 0 Å². The van der Waals surface area contributed by atoms with Gasteiger partial charge in [-0.05, 0) is 31.6 Å². The lowest BCUT2D eigenvalue weighted by Crippen LogP contribution is -2.63. The molecule has 25 heavy (non-hydrogen) atoms. The van der Waals surface area contributed by atoms with Crippen LogP contribution in [0.15, 0.2) is 41.6 Å². The number of β-lactam (4-membered cyclic amide) rings is 1. The predicted octanol–water partition coefficient (Wildman–Crippen LogP) is 1.03. The van der Waals surface area contributed by atoms with Gasteiger partial charge in [-0.25, -0.2) is 14.0 Å². The number of anilines is 1. The second kappa shape index (κ2) is 7.75. The Morgan fingerprint density at radius 3 is 2.48 bits per heavy atom. The van der Waals surface area contributed by atoms with Gasteiger partial charge in [-0.15, -0.1) is 5.48 Å². The summed E-state index contributed by atoms with van der Waals surface area (Å²) in [6.45, 7) is 3.14. The Kier molecular flexibility index (Phi) is 5.71. The molecule has 1 heterocycles. The number of likely N-dealkylation sites (tertiary alicyclic amines) is 1. The Labute approximate surface area is 143 Å². The smallest absolute Gasteiger partial charge is 0.380 e. The summed E-state index contributed by atoms with van der Waals surface area (Å²) in [5, 5.41) is 11.4. The summed E-state index contributed by atoms with van der Waals surface area (Å²) in [4.78, 5) is 40.3. The van der Waals surface area contributed by atoms with Gasteiger partial charge in [-0.1, -0.05) is 18.2 Å². The Morgan fingerprint density at radius 1 is 1.32 bits per heavy atom. The van der Waals surface area contributed by atoms with Crippen molar-refractivity contribution in [2.75, 3.05) is 11.9 Å². The molecule has 1 amide bonds. The Hall–Kier alpha value is -2.94. The number of nitrogens with zero attached hydrogens (tertiary/aromatic N) is 1. The second-order valence-electron chi connectivity index (χ2n) is 5.57. The van der Waals surface area contributed by atoms with Crippen LogP contribution >= 0.6 is 0 Å². The first-order valence-corrected chi connectivity index (χ1v) is 7.45. The van der Waals surface area contributed by atoms with E-state index in [9.17, 15) is 18.8 Å². The van der Waals surface area contributed by atoms with E-state index in [2.05, 4.69) is 15.6 Å². The quantitative estimate of drug-likeness (QED) is 0.291. The molecule has 0 bridgehead atoms. The van der Waals surface area contributed by atoms with E-state index in [-0.39, 0.29) is 12.2 Å². The summed E-state index contributed by atoms with van der Waals surface area (Å²) in [5.41, 5.74) is 2.90. The molecule has 134 valence electrons. The summed E-state index contributed by atoms with van der Waals surface area (Å²) in [6.07, 6.45) is -2.12. The minimum atomic E-state index is -2.12. The molecule has 0 aliphatic carbocycles. The SMILES string of the molecule is CC(C)=C(C(=O)O)N1CC(NOC(=O)C(F)Nc2ccccc2)C1=O. The van der Waals surface area contributed by atoms with Crippen molar-refractivity contribution in [1.82, 2.24) is 10.4 Å². The summed E-state index contributed by atoms with van der Waals surface area (Å²) in [5.74, 6) is -3.03. The second-order valence-corrected chi connectivity index (χ2v) is 5.57. The molecule has 2 rings (SSSR count). The number of amides is 1. The van der Waals surface area contributed by atoms with Crippen LogP contribution in [0.4, 0.5) is 10.1 Å². The highest BCUT2D eigenvalue weighted by Gasteiger charge is 2.42. The van der Waals surface area contributed by atoms with E-state index in [0.29, 0.717) is 11.3 Å². The van der Waals surface area contributed by atoms with Crippen molar-refractivity contribution >= 4 is 23.5 Å². The third-order valence-corrected chi connectivity index (χ3v) is 3.45. The maximum absolute atomic E-state index is 13.8. The van der Waals surface area contributed by atoms with E-state index in [0.717, 1.165) is 4.90 Å². The molecule has 0 aromatic heterocycles. The van der Waals surface area contributed by atoms with Gasteiger partial charge in [0.15, 0.2) is 0 Å². The molecule has 1 aromatic rings. The molecule has 8 nitrogen and oxygen atoms in total. The van der Waals surface area contributed by atoms with E-state index in [1.165, 1.54) is 0 Å². The highest BCUT2D eigenvalue weighted by Crippen LogP contribution is 2.20. The standard InChI is InChI=1S/C16H18FN3O5/c1-9(2)12(15(22)23)20-8-11(14(20)21)19-25-16(24)13(17)18-10-6-4-3-5-7-10/h3-7,11,13,18-19H,8H2,1-2H3,(H,22,23). The molecular formula is C16H18FN3O5. The molecule has 1 saturated heterocycles. The zero-order valence-electron chi connectivity index (χ0n) is 13.7. The zero-order chi connectivity index (χ0) is 18.6. The van der Waals surface area contributed by atoms with Crippen LogP contribution in [-0.2, 0) is 19.2 Å². The Balaban J connectivity index is 1.83. The Morgan fingerprint density at radius 2 is 1.96 bits per heavy atom. The molecule has 0 radical (unpaired) electrons. The number of aliphatic carboxylic acids is 1. The molecule has 1 aromatic carbocycles. The van der Waals surface area contributed by atoms with Gasteiger partial charge in [-0.3, -0.25) is 4.79 Å². The summed E-state index contributed by atoms with van der Waals surface area (Å²) >= 11 is 0. The Bertz CT molecular complexity index is 703. The molecule has 1 aliphatic rings. The van der Waals surface area contributed by atoms with Crippen molar-refractivity contribution in [3.63, 3.8) is 0 Å². The molecule has 9 heteroatoms. The minimum Gasteiger partial charge on any atom is -0.477 e. The molecule has 3 N–H and O–H groups in total. The van der Waals surface area contributed by atoms with Crippen molar-refractivity contribution in [3.8, 4) is 0 Å². The predicted molar refractivity (Wildman–Crippen MR) is 85.7 cm³/mol. The van der Waals surface area contributed by atoms with Crippen LogP contribution in [0.5, 0.6) is 0 Å². The first-order chi connectivity index (χ1) is 11.8. The number of carboxylic acids is 1. The number of hydrogen-bond donors (Lipinski definition) is 3. The van der Waals surface area contributed by atoms with E-state index >= 15 is 0 Å². The van der Waals surface area contributed by atoms with Gasteiger partial charge in [0.05, 0.1) is 6.54 Å². The maximum atomic E-state index is 13.8. The van der Waals surface area contributed by atoms with Gasteiger partial charge in [0.1, 0.15) is 11.7 Å². The third kappa shape index (κ3) is 4.32. The molecular weight excluding hydrogens is 333 g/mol. The van der Waals surface area contributed by atoms with Gasteiger partial charge in [0, 0.05) is 5.69 Å². The van der Waals surface area contributed by atoms with Crippen LogP contribution < -0.4 is 10.8 Å². The number of carbonyl (C=O) groups excluding carboxylic acids is 2. The maximum Gasteiger partial charge on any atom is 0.380 e. The number of halogens is 1. The third-order valence-electron chi connectivity index (χ3n) is 3.45. The van der Waals surface area contributed by atoms with E-state index in [1.807, 2.05) is 0 Å². The average Bonchev–Trinajstić information content (AvgIpc) is 2.56. The number of nitrogens with one attached hydrogen (secondary N) is 2. The van der Waals surface area contributed by atoms with Crippen LogP contribution in [0.25, 0.3) is 0 Å². The number of carboxylic acid groups (broad SMARTS) is 1. The first kappa shape index (κ1) is 18.4. The lowest BCUT2D eigenvalue weighted by Gasteiger charge is -2.38. The van der Waals surface area contributed by atoms with Crippen LogP contribution in [0.3, 0.4) is 0 Å². The number of para-hydroxylation sites is 1. The number of hydrogen-bond acceptors (Lipinski definition) is 6. The molecule has 2 unspecified atom stereocenters. The van der Waals surface area contributed by atoms with Gasteiger partial charge in [0.25, 0.3) is 6.30 Å². The highest BCUT2D eigenvalue weighted by atomic mass is 19.1. The fourth-order valence-electron chi connectivity index (χ4n) is 2.24. The zero-order valence-corrected chi connectivity index (χ0v) is 13.7. The minimum absolute atomic E-state index is 0.00198. The monoisotopic (exact) mass is 351 g/mol. The molecule has 1 aliphatic heterocycles. The van der Waals surface area contributed by atoms with Gasteiger partial charge in [0.2, 0.25) is 5.91 Å². The molecule has 2 atom stereocenters. The van der Waals surface area contributed by atoms with E-state index in [4.69, 9.17) is 5.11 Å². The van der Waals surface area contributed by atoms with Crippen molar-refractivity contribution < 1.29 is 28.7 Å². The average molecular weight is 351 g/mol. The fourth-order valence-corrected chi connectivity index (χ4v) is 2.24. The number of allylic oxidation sites excluding steroid dienone is 1. The number of benzene rings is 1. The van der Waals surface area contributed by atoms with Crippen molar-refractivity contribution in [2.24, 2.45) is 0 Å². The van der Waals surface area contributed by atoms with E-state index < -0.39 is 30.2 Å². The number of carbonyl (C=O) groups is 3. The van der Waals surface area contributed by atoms with Gasteiger partial charge in [-0.2, -0.15) is 0 Å². The normalized spacial score (nSPS) is 17.3. The van der Waals surface area contributed by atoms with Gasteiger partial charge < -0.3 is 20.2 Å².